The van der Waals surface area contributed by atoms with Gasteiger partial charge in [-0.05, 0) is 30.7 Å². The minimum absolute atomic E-state index is 0.306. The molecule has 2 aromatic carbocycles. The number of benzene rings is 2. The second-order valence-electron chi connectivity index (χ2n) is 4.68. The molecule has 122 valence electrons. The number of hydrogen-bond acceptors (Lipinski definition) is 4. The van der Waals surface area contributed by atoms with Crippen LogP contribution >= 0.6 is 19.4 Å². The summed E-state index contributed by atoms with van der Waals surface area (Å²) in [4.78, 5) is 0. The summed E-state index contributed by atoms with van der Waals surface area (Å²) >= 11 is 5.65. The number of hydrogen-bond donors (Lipinski definition) is 0. The van der Waals surface area contributed by atoms with E-state index in [-0.39, 0.29) is 0 Å². The van der Waals surface area contributed by atoms with Gasteiger partial charge in [0.25, 0.3) is 0 Å². The molecule has 6 heteroatoms. The van der Waals surface area contributed by atoms with E-state index in [1.165, 1.54) is 0 Å². The van der Waals surface area contributed by atoms with Gasteiger partial charge in [-0.1, -0.05) is 43.0 Å². The van der Waals surface area contributed by atoms with E-state index in [1.807, 2.05) is 12.1 Å². The van der Waals surface area contributed by atoms with E-state index in [0.29, 0.717) is 36.0 Å². The molecule has 0 unspecified atom stereocenters. The molecular formula is C17H18ClO4P. The van der Waals surface area contributed by atoms with Crippen molar-refractivity contribution >= 4 is 19.4 Å². The molecule has 0 saturated carbocycles. The van der Waals surface area contributed by atoms with Gasteiger partial charge in [-0.15, -0.1) is 11.6 Å². The van der Waals surface area contributed by atoms with E-state index >= 15 is 0 Å². The van der Waals surface area contributed by atoms with Crippen LogP contribution in [0, 0.1) is 0 Å². The highest BCUT2D eigenvalue weighted by atomic mass is 35.5. The lowest BCUT2D eigenvalue weighted by atomic mass is 10.3. The maximum atomic E-state index is 13.0. The smallest absolute Gasteiger partial charge is 0.391 e. The monoisotopic (exact) mass is 352 g/mol. The maximum absolute atomic E-state index is 13.0. The van der Waals surface area contributed by atoms with E-state index in [1.54, 1.807) is 48.5 Å². The Kier molecular flexibility index (Phi) is 6.57. The van der Waals surface area contributed by atoms with Crippen molar-refractivity contribution in [3.05, 3.63) is 73.0 Å². The zero-order chi connectivity index (χ0) is 16.5. The van der Waals surface area contributed by atoms with Gasteiger partial charge in [0.2, 0.25) is 0 Å². The van der Waals surface area contributed by atoms with Crippen LogP contribution in [0.2, 0.25) is 0 Å². The SMILES string of the molecule is C=C(CCCCl)OP(=O)(Oc1ccccc1)Oc1ccccc1. The Morgan fingerprint density at radius 2 is 1.43 bits per heavy atom. The van der Waals surface area contributed by atoms with Gasteiger partial charge in [-0.2, -0.15) is 4.57 Å². The second kappa shape index (κ2) is 8.66. The van der Waals surface area contributed by atoms with Crippen molar-refractivity contribution in [1.29, 1.82) is 0 Å². The van der Waals surface area contributed by atoms with Crippen LogP contribution in [0.4, 0.5) is 0 Å². The van der Waals surface area contributed by atoms with Gasteiger partial charge in [-0.25, -0.2) is 0 Å². The van der Waals surface area contributed by atoms with Crippen molar-refractivity contribution in [3.8, 4) is 11.5 Å². The third-order valence-electron chi connectivity index (χ3n) is 2.75. The third-order valence-corrected chi connectivity index (χ3v) is 4.37. The van der Waals surface area contributed by atoms with E-state index in [4.69, 9.17) is 25.2 Å². The lowest BCUT2D eigenvalue weighted by Crippen LogP contribution is -2.05. The van der Waals surface area contributed by atoms with Crippen LogP contribution in [0.3, 0.4) is 0 Å². The molecule has 0 bridgehead atoms. The van der Waals surface area contributed by atoms with Gasteiger partial charge in [0, 0.05) is 12.3 Å². The Bertz CT molecular complexity index is 615. The van der Waals surface area contributed by atoms with Gasteiger partial charge in [0.15, 0.2) is 0 Å². The fraction of sp³-hybridized carbons (Fsp3) is 0.176. The zero-order valence-corrected chi connectivity index (χ0v) is 14.2. The fourth-order valence-corrected chi connectivity index (χ4v) is 3.16. The molecule has 0 saturated heterocycles. The zero-order valence-electron chi connectivity index (χ0n) is 12.6. The highest BCUT2D eigenvalue weighted by molar-refractivity contribution is 7.49. The van der Waals surface area contributed by atoms with Crippen LogP contribution in [0.25, 0.3) is 0 Å². The van der Waals surface area contributed by atoms with Crippen LogP contribution in [0.15, 0.2) is 73.0 Å². The first-order valence-electron chi connectivity index (χ1n) is 7.14. The summed E-state index contributed by atoms with van der Waals surface area (Å²) < 4.78 is 29.3. The van der Waals surface area contributed by atoms with Crippen LogP contribution < -0.4 is 9.05 Å². The molecular weight excluding hydrogens is 335 g/mol. The van der Waals surface area contributed by atoms with Crippen LogP contribution in [-0.4, -0.2) is 5.88 Å². The third kappa shape index (κ3) is 6.01. The molecule has 23 heavy (non-hydrogen) atoms. The molecule has 2 aromatic rings. The average molecular weight is 353 g/mol. The van der Waals surface area contributed by atoms with Crippen molar-refractivity contribution in [3.63, 3.8) is 0 Å². The topological polar surface area (TPSA) is 44.8 Å². The van der Waals surface area contributed by atoms with E-state index in [2.05, 4.69) is 6.58 Å². The summed E-state index contributed by atoms with van der Waals surface area (Å²) in [5, 5.41) is 0. The summed E-state index contributed by atoms with van der Waals surface area (Å²) in [5.74, 6) is 1.54. The second-order valence-corrected chi connectivity index (χ2v) is 6.50. The molecule has 0 heterocycles. The molecule has 0 spiro atoms. The van der Waals surface area contributed by atoms with Crippen molar-refractivity contribution in [2.75, 3.05) is 5.88 Å². The standard InChI is InChI=1S/C17H18ClO4P/c1-15(9-8-14-18)20-23(19,21-16-10-4-2-5-11-16)22-17-12-6-3-7-13-17/h2-7,10-13H,1,8-9,14H2. The Balaban J connectivity index is 2.15. The number of phosphoric acid groups is 1. The van der Waals surface area contributed by atoms with Crippen molar-refractivity contribution in [2.45, 2.75) is 12.8 Å². The molecule has 0 aliphatic rings. The quantitative estimate of drug-likeness (QED) is 0.325. The number of phosphoric ester groups is 1. The average Bonchev–Trinajstić information content (AvgIpc) is 2.54. The Morgan fingerprint density at radius 3 is 1.87 bits per heavy atom. The molecule has 0 N–H and O–H groups in total. The maximum Gasteiger partial charge on any atom is 0.646 e. The highest BCUT2D eigenvalue weighted by Gasteiger charge is 2.33. The summed E-state index contributed by atoms with van der Waals surface area (Å²) in [5.41, 5.74) is 0. The lowest BCUT2D eigenvalue weighted by molar-refractivity contribution is 0.251. The Morgan fingerprint density at radius 1 is 0.957 bits per heavy atom. The molecule has 0 atom stereocenters. The van der Waals surface area contributed by atoms with E-state index in [0.717, 1.165) is 0 Å². The van der Waals surface area contributed by atoms with Crippen LogP contribution in [-0.2, 0) is 9.09 Å². The molecule has 4 nitrogen and oxygen atoms in total. The molecule has 0 aliphatic carbocycles. The van der Waals surface area contributed by atoms with E-state index in [9.17, 15) is 4.57 Å². The molecule has 0 radical (unpaired) electrons. The normalized spacial score (nSPS) is 10.8. The van der Waals surface area contributed by atoms with Crippen LogP contribution in [0.5, 0.6) is 11.5 Å². The molecule has 0 fully saturated rings. The van der Waals surface area contributed by atoms with Gasteiger partial charge >= 0.3 is 7.82 Å². The van der Waals surface area contributed by atoms with Gasteiger partial charge < -0.3 is 13.6 Å². The Hall–Kier alpha value is -1.90. The minimum atomic E-state index is -3.90. The molecule has 2 rings (SSSR count). The predicted molar refractivity (Wildman–Crippen MR) is 91.9 cm³/mol. The first-order valence-corrected chi connectivity index (χ1v) is 9.13. The number of para-hydroxylation sites is 2. The highest BCUT2D eigenvalue weighted by Crippen LogP contribution is 2.51. The van der Waals surface area contributed by atoms with Crippen molar-refractivity contribution < 1.29 is 18.1 Å². The summed E-state index contributed by atoms with van der Waals surface area (Å²) in [7, 11) is -3.90. The summed E-state index contributed by atoms with van der Waals surface area (Å²) in [6.45, 7) is 3.75. The number of halogens is 1. The van der Waals surface area contributed by atoms with Crippen molar-refractivity contribution in [2.24, 2.45) is 0 Å². The van der Waals surface area contributed by atoms with E-state index < -0.39 is 7.82 Å². The van der Waals surface area contributed by atoms with Crippen molar-refractivity contribution in [1.82, 2.24) is 0 Å². The Labute approximate surface area is 141 Å². The van der Waals surface area contributed by atoms with Gasteiger partial charge in [0.05, 0.1) is 0 Å². The number of allylic oxidation sites excluding steroid dienone is 1. The lowest BCUT2D eigenvalue weighted by Gasteiger charge is -2.20. The van der Waals surface area contributed by atoms with Crippen LogP contribution in [0.1, 0.15) is 12.8 Å². The minimum Gasteiger partial charge on any atom is -0.391 e. The number of alkyl halides is 1. The fourth-order valence-electron chi connectivity index (χ4n) is 1.74. The first-order chi connectivity index (χ1) is 11.1. The largest absolute Gasteiger partial charge is 0.646 e. The molecule has 0 aliphatic heterocycles. The van der Waals surface area contributed by atoms with Gasteiger partial charge in [-0.3, -0.25) is 0 Å². The van der Waals surface area contributed by atoms with Gasteiger partial charge in [0.1, 0.15) is 17.3 Å². The first kappa shape index (κ1) is 17.5. The number of rotatable bonds is 9. The summed E-state index contributed by atoms with van der Waals surface area (Å²) in [6, 6.07) is 17.4. The molecule has 0 aromatic heterocycles. The molecule has 0 amide bonds. The predicted octanol–water partition coefficient (Wildman–Crippen LogP) is 5.80. The summed E-state index contributed by atoms with van der Waals surface area (Å²) in [6.07, 6.45) is 1.14.